The summed E-state index contributed by atoms with van der Waals surface area (Å²) in [5, 5.41) is 8.90. The van der Waals surface area contributed by atoms with Gasteiger partial charge in [0.05, 0.1) is 12.1 Å². The Morgan fingerprint density at radius 2 is 1.97 bits per heavy atom. The van der Waals surface area contributed by atoms with Crippen molar-refractivity contribution < 1.29 is 22.4 Å². The zero-order valence-electron chi connectivity index (χ0n) is 16.3. The Morgan fingerprint density at radius 1 is 1.20 bits per heavy atom. The Labute approximate surface area is 171 Å². The molecule has 1 aliphatic heterocycles. The molecule has 160 valence electrons. The lowest BCUT2D eigenvalue weighted by Gasteiger charge is -2.26. The summed E-state index contributed by atoms with van der Waals surface area (Å²) in [5.41, 5.74) is 0.574. The van der Waals surface area contributed by atoms with Gasteiger partial charge in [0.15, 0.2) is 5.96 Å². The minimum atomic E-state index is -4.67. The van der Waals surface area contributed by atoms with Crippen molar-refractivity contribution in [3.05, 3.63) is 65.0 Å². The van der Waals surface area contributed by atoms with Gasteiger partial charge in [0.25, 0.3) is 0 Å². The second kappa shape index (κ2) is 9.15. The number of nitrogens with zero attached hydrogens (tertiary/aromatic N) is 1. The van der Waals surface area contributed by atoms with Crippen LogP contribution in [0.1, 0.15) is 36.0 Å². The van der Waals surface area contributed by atoms with Gasteiger partial charge in [-0.1, -0.05) is 24.3 Å². The summed E-state index contributed by atoms with van der Waals surface area (Å²) in [6.07, 6.45) is -4.38. The normalized spacial score (nSPS) is 16.6. The zero-order valence-corrected chi connectivity index (χ0v) is 16.3. The molecule has 0 saturated heterocycles. The molecule has 1 unspecified atom stereocenters. The number of nitrogens with one attached hydrogen (secondary N) is 3. The molecule has 0 aromatic heterocycles. The summed E-state index contributed by atoms with van der Waals surface area (Å²) in [6, 6.07) is 10.0. The SMILES string of the molecule is CCNC(=NCc1ccc(F)cc1C(F)(F)F)NCC1CC(=O)Nc2ccccc21. The number of alkyl halides is 3. The number of benzene rings is 2. The van der Waals surface area contributed by atoms with E-state index in [0.717, 1.165) is 23.4 Å². The molecule has 9 heteroatoms. The molecule has 0 bridgehead atoms. The predicted molar refractivity (Wildman–Crippen MR) is 107 cm³/mol. The van der Waals surface area contributed by atoms with Gasteiger partial charge in [-0.2, -0.15) is 13.2 Å². The molecular weight excluding hydrogens is 400 g/mol. The summed E-state index contributed by atoms with van der Waals surface area (Å²) in [4.78, 5) is 16.2. The Hall–Kier alpha value is -3.10. The van der Waals surface area contributed by atoms with Crippen molar-refractivity contribution >= 4 is 17.6 Å². The van der Waals surface area contributed by atoms with Crippen LogP contribution >= 0.6 is 0 Å². The van der Waals surface area contributed by atoms with E-state index >= 15 is 0 Å². The highest BCUT2D eigenvalue weighted by Gasteiger charge is 2.33. The van der Waals surface area contributed by atoms with Crippen LogP contribution in [0.25, 0.3) is 0 Å². The summed E-state index contributed by atoms with van der Waals surface area (Å²) >= 11 is 0. The number of aliphatic imine (C=N–C) groups is 1. The van der Waals surface area contributed by atoms with Crippen LogP contribution in [-0.4, -0.2) is 25.0 Å². The van der Waals surface area contributed by atoms with Crippen LogP contribution in [0.15, 0.2) is 47.5 Å². The molecule has 1 atom stereocenters. The molecule has 5 nitrogen and oxygen atoms in total. The first-order valence-corrected chi connectivity index (χ1v) is 9.54. The molecule has 1 aliphatic rings. The van der Waals surface area contributed by atoms with Gasteiger partial charge < -0.3 is 16.0 Å². The monoisotopic (exact) mass is 422 g/mol. The van der Waals surface area contributed by atoms with Crippen LogP contribution in [0.3, 0.4) is 0 Å². The zero-order chi connectivity index (χ0) is 21.7. The highest BCUT2D eigenvalue weighted by Crippen LogP contribution is 2.33. The Kier molecular flexibility index (Phi) is 6.59. The van der Waals surface area contributed by atoms with E-state index in [9.17, 15) is 22.4 Å². The lowest BCUT2D eigenvalue weighted by atomic mass is 9.90. The third-order valence-electron chi connectivity index (χ3n) is 4.75. The van der Waals surface area contributed by atoms with Gasteiger partial charge in [-0.15, -0.1) is 0 Å². The number of carbonyl (C=O) groups excluding carboxylic acids is 1. The van der Waals surface area contributed by atoms with E-state index in [1.54, 1.807) is 0 Å². The minimum absolute atomic E-state index is 0.0939. The van der Waals surface area contributed by atoms with Gasteiger partial charge in [0, 0.05) is 31.1 Å². The highest BCUT2D eigenvalue weighted by atomic mass is 19.4. The standard InChI is InChI=1S/C21H22F4N4O/c1-2-26-20(27-11-13-7-8-15(22)10-17(13)21(23,24)25)28-12-14-9-19(30)29-18-6-4-3-5-16(14)18/h3-8,10,14H,2,9,11-12H2,1H3,(H,29,30)(H2,26,27,28). The van der Waals surface area contributed by atoms with Crippen LogP contribution in [0.2, 0.25) is 0 Å². The Balaban J connectivity index is 1.75. The number of halogens is 4. The molecule has 0 aliphatic carbocycles. The summed E-state index contributed by atoms with van der Waals surface area (Å²) in [5.74, 6) is -0.827. The number of anilines is 1. The second-order valence-corrected chi connectivity index (χ2v) is 6.91. The molecule has 2 aromatic carbocycles. The van der Waals surface area contributed by atoms with Crippen LogP contribution in [0.4, 0.5) is 23.2 Å². The van der Waals surface area contributed by atoms with Gasteiger partial charge in [-0.3, -0.25) is 4.79 Å². The van der Waals surface area contributed by atoms with E-state index in [-0.39, 0.29) is 23.9 Å². The van der Waals surface area contributed by atoms with E-state index in [2.05, 4.69) is 20.9 Å². The predicted octanol–water partition coefficient (Wildman–Crippen LogP) is 4.03. The largest absolute Gasteiger partial charge is 0.416 e. The molecule has 2 aromatic rings. The average molecular weight is 422 g/mol. The third-order valence-corrected chi connectivity index (χ3v) is 4.75. The van der Waals surface area contributed by atoms with E-state index in [1.807, 2.05) is 31.2 Å². The third kappa shape index (κ3) is 5.28. The molecule has 30 heavy (non-hydrogen) atoms. The number of fused-ring (bicyclic) bond motifs is 1. The van der Waals surface area contributed by atoms with Crippen LogP contribution in [0.5, 0.6) is 0 Å². The fraction of sp³-hybridized carbons (Fsp3) is 0.333. The highest BCUT2D eigenvalue weighted by molar-refractivity contribution is 5.94. The van der Waals surface area contributed by atoms with Gasteiger partial charge in [0.2, 0.25) is 5.91 Å². The molecule has 0 fully saturated rings. The van der Waals surface area contributed by atoms with Crippen molar-refractivity contribution in [1.29, 1.82) is 0 Å². The van der Waals surface area contributed by atoms with Gasteiger partial charge >= 0.3 is 6.18 Å². The van der Waals surface area contributed by atoms with Crippen LogP contribution in [-0.2, 0) is 17.5 Å². The topological polar surface area (TPSA) is 65.5 Å². The number of rotatable bonds is 5. The molecule has 3 N–H and O–H groups in total. The molecule has 0 radical (unpaired) electrons. The Bertz CT molecular complexity index is 943. The van der Waals surface area contributed by atoms with Gasteiger partial charge in [0.1, 0.15) is 5.82 Å². The number of hydrogen-bond acceptors (Lipinski definition) is 2. The fourth-order valence-electron chi connectivity index (χ4n) is 3.36. The van der Waals surface area contributed by atoms with Gasteiger partial charge in [-0.05, 0) is 36.2 Å². The van der Waals surface area contributed by atoms with Gasteiger partial charge in [-0.25, -0.2) is 9.38 Å². The molecule has 0 spiro atoms. The van der Waals surface area contributed by atoms with E-state index in [4.69, 9.17) is 0 Å². The first-order chi connectivity index (χ1) is 14.3. The van der Waals surface area contributed by atoms with E-state index in [0.29, 0.717) is 31.5 Å². The van der Waals surface area contributed by atoms with Crippen LogP contribution < -0.4 is 16.0 Å². The molecule has 1 heterocycles. The summed E-state index contributed by atoms with van der Waals surface area (Å²) in [6.45, 7) is 2.45. The number of amides is 1. The minimum Gasteiger partial charge on any atom is -0.357 e. The van der Waals surface area contributed by atoms with Crippen molar-refractivity contribution in [3.8, 4) is 0 Å². The van der Waals surface area contributed by atoms with Crippen molar-refractivity contribution in [1.82, 2.24) is 10.6 Å². The number of guanidine groups is 1. The number of carbonyl (C=O) groups is 1. The maximum absolute atomic E-state index is 13.3. The van der Waals surface area contributed by atoms with E-state index in [1.165, 1.54) is 0 Å². The molecule has 0 saturated carbocycles. The van der Waals surface area contributed by atoms with Crippen molar-refractivity contribution in [2.75, 3.05) is 18.4 Å². The lowest BCUT2D eigenvalue weighted by Crippen LogP contribution is -2.40. The second-order valence-electron chi connectivity index (χ2n) is 6.91. The van der Waals surface area contributed by atoms with Crippen molar-refractivity contribution in [2.45, 2.75) is 32.0 Å². The average Bonchev–Trinajstić information content (AvgIpc) is 2.69. The summed E-state index contributed by atoms with van der Waals surface area (Å²) < 4.78 is 52.8. The van der Waals surface area contributed by atoms with Crippen molar-refractivity contribution in [2.24, 2.45) is 4.99 Å². The number of hydrogen-bond donors (Lipinski definition) is 3. The van der Waals surface area contributed by atoms with Crippen LogP contribution in [0, 0.1) is 5.82 Å². The first-order valence-electron chi connectivity index (χ1n) is 9.54. The quantitative estimate of drug-likeness (QED) is 0.387. The Morgan fingerprint density at radius 3 is 2.70 bits per heavy atom. The maximum Gasteiger partial charge on any atom is 0.416 e. The summed E-state index contributed by atoms with van der Waals surface area (Å²) in [7, 11) is 0. The fourth-order valence-corrected chi connectivity index (χ4v) is 3.36. The molecule has 3 rings (SSSR count). The van der Waals surface area contributed by atoms with E-state index < -0.39 is 17.6 Å². The van der Waals surface area contributed by atoms with Crippen molar-refractivity contribution in [3.63, 3.8) is 0 Å². The smallest absolute Gasteiger partial charge is 0.357 e. The lowest BCUT2D eigenvalue weighted by molar-refractivity contribution is -0.138. The molecular formula is C21H22F4N4O. The first kappa shape index (κ1) is 21.6. The molecule has 1 amide bonds. The maximum atomic E-state index is 13.3. The number of para-hydroxylation sites is 1.